The van der Waals surface area contributed by atoms with Crippen LogP contribution in [-0.4, -0.2) is 10.1 Å². The number of H-pyrrole nitrogens is 1. The van der Waals surface area contributed by atoms with Gasteiger partial charge in [-0.15, -0.1) is 22.7 Å². The van der Waals surface area contributed by atoms with Crippen LogP contribution in [0.5, 0.6) is 5.75 Å². The standard InChI is InChI=1S/C19H9N3O2S2/c20-7-10-1-3-11(4-2-10)14-5-6-15(26-14)13-9-25-19-16(13)17(23)12(8-21)18(24)22-19/h1-6,9H,(H2,22,23,24). The smallest absolute Gasteiger partial charge is 0.270 e. The molecule has 0 aliphatic carbocycles. The second kappa shape index (κ2) is 6.16. The molecule has 1 aromatic carbocycles. The number of fused-ring (bicyclic) bond motifs is 1. The van der Waals surface area contributed by atoms with Crippen LogP contribution in [0.25, 0.3) is 31.1 Å². The van der Waals surface area contributed by atoms with E-state index in [1.807, 2.05) is 29.6 Å². The molecule has 0 aliphatic rings. The van der Waals surface area contributed by atoms with E-state index in [2.05, 4.69) is 11.1 Å². The second-order valence-corrected chi connectivity index (χ2v) is 7.46. The number of aromatic hydroxyl groups is 1. The van der Waals surface area contributed by atoms with Crippen LogP contribution >= 0.6 is 22.7 Å². The van der Waals surface area contributed by atoms with E-state index < -0.39 is 5.56 Å². The highest BCUT2D eigenvalue weighted by Gasteiger charge is 2.18. The van der Waals surface area contributed by atoms with Gasteiger partial charge < -0.3 is 10.1 Å². The fourth-order valence-electron chi connectivity index (χ4n) is 2.72. The van der Waals surface area contributed by atoms with E-state index in [9.17, 15) is 9.90 Å². The highest BCUT2D eigenvalue weighted by atomic mass is 32.1. The first-order chi connectivity index (χ1) is 12.6. The van der Waals surface area contributed by atoms with Crippen molar-refractivity contribution in [3.63, 3.8) is 0 Å². The Bertz CT molecular complexity index is 1280. The molecule has 3 heterocycles. The average Bonchev–Trinajstić information content (AvgIpc) is 3.29. The van der Waals surface area contributed by atoms with Crippen LogP contribution in [0.15, 0.2) is 46.6 Å². The zero-order chi connectivity index (χ0) is 18.3. The predicted molar refractivity (Wildman–Crippen MR) is 102 cm³/mol. The normalized spacial score (nSPS) is 10.5. The van der Waals surface area contributed by atoms with Gasteiger partial charge in [0.25, 0.3) is 5.56 Å². The third kappa shape index (κ3) is 2.47. The molecule has 0 saturated carbocycles. The Balaban J connectivity index is 1.84. The van der Waals surface area contributed by atoms with E-state index >= 15 is 0 Å². The molecule has 0 bridgehead atoms. The number of aromatic nitrogens is 1. The number of thiophene rings is 2. The summed E-state index contributed by atoms with van der Waals surface area (Å²) in [6.07, 6.45) is 0. The fraction of sp³-hybridized carbons (Fsp3) is 0. The molecule has 0 atom stereocenters. The average molecular weight is 375 g/mol. The molecule has 0 spiro atoms. The molecule has 2 N–H and O–H groups in total. The number of nitrogens with zero attached hydrogens (tertiary/aromatic N) is 2. The highest BCUT2D eigenvalue weighted by molar-refractivity contribution is 7.20. The third-order valence-corrected chi connectivity index (χ3v) is 6.06. The zero-order valence-electron chi connectivity index (χ0n) is 13.1. The van der Waals surface area contributed by atoms with Gasteiger partial charge in [0.15, 0.2) is 5.56 Å². The van der Waals surface area contributed by atoms with Gasteiger partial charge in [-0.25, -0.2) is 0 Å². The van der Waals surface area contributed by atoms with Crippen LogP contribution in [-0.2, 0) is 0 Å². The van der Waals surface area contributed by atoms with E-state index in [1.54, 1.807) is 18.2 Å². The maximum Gasteiger partial charge on any atom is 0.270 e. The van der Waals surface area contributed by atoms with Gasteiger partial charge >= 0.3 is 0 Å². The number of benzene rings is 1. The van der Waals surface area contributed by atoms with Crippen LogP contribution in [0.3, 0.4) is 0 Å². The molecule has 4 rings (SSSR count). The number of rotatable bonds is 2. The molecule has 26 heavy (non-hydrogen) atoms. The topological polar surface area (TPSA) is 101 Å². The van der Waals surface area contributed by atoms with Crippen molar-refractivity contribution in [2.45, 2.75) is 0 Å². The number of hydrogen-bond donors (Lipinski definition) is 2. The van der Waals surface area contributed by atoms with Crippen molar-refractivity contribution in [2.24, 2.45) is 0 Å². The predicted octanol–water partition coefficient (Wildman–Crippen LogP) is 4.43. The summed E-state index contributed by atoms with van der Waals surface area (Å²) in [5.74, 6) is -0.282. The molecule has 7 heteroatoms. The molecule has 3 aromatic heterocycles. The van der Waals surface area contributed by atoms with Crippen molar-refractivity contribution in [1.29, 1.82) is 10.5 Å². The number of pyridine rings is 1. The van der Waals surface area contributed by atoms with Crippen LogP contribution in [0.2, 0.25) is 0 Å². The SMILES string of the molecule is N#Cc1ccc(-c2ccc(-c3csc4[nH]c(=O)c(C#N)c(O)c34)s2)cc1. The summed E-state index contributed by atoms with van der Waals surface area (Å²) in [7, 11) is 0. The second-order valence-electron chi connectivity index (χ2n) is 5.50. The monoisotopic (exact) mass is 375 g/mol. The Morgan fingerprint density at radius 3 is 2.42 bits per heavy atom. The highest BCUT2D eigenvalue weighted by Crippen LogP contribution is 2.43. The van der Waals surface area contributed by atoms with Crippen LogP contribution < -0.4 is 5.56 Å². The molecule has 4 aromatic rings. The lowest BCUT2D eigenvalue weighted by molar-refractivity contribution is 0.479. The Labute approximate surface area is 155 Å². The van der Waals surface area contributed by atoms with E-state index in [0.29, 0.717) is 15.8 Å². The summed E-state index contributed by atoms with van der Waals surface area (Å²) in [5, 5.41) is 30.7. The Kier molecular flexibility index (Phi) is 3.81. The summed E-state index contributed by atoms with van der Waals surface area (Å²) in [6.45, 7) is 0. The molecule has 0 fully saturated rings. The summed E-state index contributed by atoms with van der Waals surface area (Å²) in [5.41, 5.74) is 1.51. The van der Waals surface area contributed by atoms with Crippen molar-refractivity contribution in [3.05, 3.63) is 63.3 Å². The van der Waals surface area contributed by atoms with Gasteiger partial charge in [0, 0.05) is 20.7 Å². The third-order valence-electron chi connectivity index (χ3n) is 4.00. The number of nitriles is 2. The summed E-state index contributed by atoms with van der Waals surface area (Å²) in [4.78, 5) is 16.9. The number of nitrogens with one attached hydrogen (secondary N) is 1. The molecule has 0 aliphatic heterocycles. The van der Waals surface area contributed by atoms with Gasteiger partial charge in [-0.05, 0) is 29.8 Å². The summed E-state index contributed by atoms with van der Waals surface area (Å²) < 4.78 is 0. The van der Waals surface area contributed by atoms with Gasteiger partial charge in [-0.1, -0.05) is 12.1 Å². The summed E-state index contributed by atoms with van der Waals surface area (Å²) in [6, 6.07) is 15.1. The van der Waals surface area contributed by atoms with E-state index in [4.69, 9.17) is 10.5 Å². The van der Waals surface area contributed by atoms with E-state index in [-0.39, 0.29) is 11.3 Å². The van der Waals surface area contributed by atoms with Gasteiger partial charge in [0.1, 0.15) is 16.6 Å². The van der Waals surface area contributed by atoms with Crippen LogP contribution in [0.1, 0.15) is 11.1 Å². The quantitative estimate of drug-likeness (QED) is 0.541. The van der Waals surface area contributed by atoms with E-state index in [1.165, 1.54) is 22.7 Å². The molecule has 5 nitrogen and oxygen atoms in total. The molecule has 0 unspecified atom stereocenters. The fourth-order valence-corrected chi connectivity index (χ4v) is 4.78. The van der Waals surface area contributed by atoms with Crippen molar-refractivity contribution in [3.8, 4) is 38.8 Å². The minimum atomic E-state index is -0.588. The van der Waals surface area contributed by atoms with Crippen molar-refractivity contribution >= 4 is 32.9 Å². The minimum absolute atomic E-state index is 0.277. The van der Waals surface area contributed by atoms with Crippen molar-refractivity contribution < 1.29 is 5.11 Å². The van der Waals surface area contributed by atoms with Crippen molar-refractivity contribution in [2.75, 3.05) is 0 Å². The maximum absolute atomic E-state index is 11.8. The van der Waals surface area contributed by atoms with E-state index in [0.717, 1.165) is 20.9 Å². The first-order valence-corrected chi connectivity index (χ1v) is 9.19. The first-order valence-electron chi connectivity index (χ1n) is 7.49. The first kappa shape index (κ1) is 16.1. The molecule has 124 valence electrons. The largest absolute Gasteiger partial charge is 0.506 e. The molecule has 0 radical (unpaired) electrons. The number of hydrogen-bond acceptors (Lipinski definition) is 6. The molecule has 0 amide bonds. The van der Waals surface area contributed by atoms with Crippen LogP contribution in [0.4, 0.5) is 0 Å². The number of aromatic amines is 1. The summed E-state index contributed by atoms with van der Waals surface area (Å²) >= 11 is 2.85. The minimum Gasteiger partial charge on any atom is -0.506 e. The molecular weight excluding hydrogens is 366 g/mol. The van der Waals surface area contributed by atoms with Gasteiger partial charge in [0.05, 0.1) is 17.0 Å². The lowest BCUT2D eigenvalue weighted by Crippen LogP contribution is -2.09. The van der Waals surface area contributed by atoms with Crippen molar-refractivity contribution in [1.82, 2.24) is 4.98 Å². The van der Waals surface area contributed by atoms with Gasteiger partial charge in [0.2, 0.25) is 0 Å². The Morgan fingerprint density at radius 2 is 1.73 bits per heavy atom. The zero-order valence-corrected chi connectivity index (χ0v) is 14.7. The maximum atomic E-state index is 11.8. The lowest BCUT2D eigenvalue weighted by atomic mass is 10.1. The van der Waals surface area contributed by atoms with Crippen LogP contribution in [0, 0.1) is 22.7 Å². The van der Waals surface area contributed by atoms with Gasteiger partial charge in [-0.3, -0.25) is 4.79 Å². The Hall–Kier alpha value is -3.39. The molecular formula is C19H9N3O2S2. The lowest BCUT2D eigenvalue weighted by Gasteiger charge is -2.01. The Morgan fingerprint density at radius 1 is 1.00 bits per heavy atom. The van der Waals surface area contributed by atoms with Gasteiger partial charge in [-0.2, -0.15) is 10.5 Å². The molecule has 0 saturated heterocycles.